The number of carbonyl (C=O) groups excluding carboxylic acids is 2. The van der Waals surface area contributed by atoms with Gasteiger partial charge in [-0.2, -0.15) is 11.8 Å². The molecule has 5 nitrogen and oxygen atoms in total. The lowest BCUT2D eigenvalue weighted by molar-refractivity contribution is -0.123. The predicted octanol–water partition coefficient (Wildman–Crippen LogP) is 4.58. The number of rotatable bonds is 9. The molecule has 162 valence electrons. The number of ether oxygens (including phenoxy) is 1. The summed E-state index contributed by atoms with van der Waals surface area (Å²) in [7, 11) is 1.52. The molecule has 31 heavy (non-hydrogen) atoms. The Balaban J connectivity index is 1.73. The topological polar surface area (TPSA) is 67.4 Å². The first-order valence-electron chi connectivity index (χ1n) is 10.3. The van der Waals surface area contributed by atoms with E-state index >= 15 is 0 Å². The summed E-state index contributed by atoms with van der Waals surface area (Å²) in [5, 5.41) is 8.23. The summed E-state index contributed by atoms with van der Waals surface area (Å²) in [6.07, 6.45) is 2.52. The van der Waals surface area contributed by atoms with Crippen LogP contribution in [0.2, 0.25) is 0 Å². The monoisotopic (exact) mass is 436 g/mol. The van der Waals surface area contributed by atoms with Crippen LogP contribution >= 0.6 is 11.8 Å². The predicted molar refractivity (Wildman–Crippen MR) is 128 cm³/mol. The van der Waals surface area contributed by atoms with Gasteiger partial charge in [0.15, 0.2) is 0 Å². The average Bonchev–Trinajstić information content (AvgIpc) is 2.81. The van der Waals surface area contributed by atoms with Gasteiger partial charge in [0.1, 0.15) is 11.8 Å². The number of hydrogen-bond donors (Lipinski definition) is 2. The van der Waals surface area contributed by atoms with Gasteiger partial charge in [0.2, 0.25) is 5.91 Å². The third-order valence-electron chi connectivity index (χ3n) is 5.22. The number of nitrogens with one attached hydrogen (secondary N) is 2. The van der Waals surface area contributed by atoms with Crippen molar-refractivity contribution in [1.29, 1.82) is 0 Å². The molecule has 0 saturated carbocycles. The highest BCUT2D eigenvalue weighted by Gasteiger charge is 2.24. The summed E-state index contributed by atoms with van der Waals surface area (Å²) >= 11 is 1.64. The van der Waals surface area contributed by atoms with Crippen LogP contribution in [-0.4, -0.2) is 37.0 Å². The van der Waals surface area contributed by atoms with E-state index in [1.54, 1.807) is 36.0 Å². The van der Waals surface area contributed by atoms with Crippen LogP contribution in [0, 0.1) is 0 Å². The average molecular weight is 437 g/mol. The number of benzene rings is 3. The molecule has 0 bridgehead atoms. The van der Waals surface area contributed by atoms with Gasteiger partial charge in [0.25, 0.3) is 5.91 Å². The molecule has 0 aliphatic heterocycles. The normalized spacial score (nSPS) is 12.7. The van der Waals surface area contributed by atoms with Gasteiger partial charge < -0.3 is 15.4 Å². The number of hydrogen-bond acceptors (Lipinski definition) is 4. The van der Waals surface area contributed by atoms with Crippen molar-refractivity contribution in [2.24, 2.45) is 0 Å². The van der Waals surface area contributed by atoms with Gasteiger partial charge in [-0.1, -0.05) is 48.5 Å². The van der Waals surface area contributed by atoms with Crippen molar-refractivity contribution in [3.05, 3.63) is 77.9 Å². The van der Waals surface area contributed by atoms with Crippen molar-refractivity contribution >= 4 is 34.3 Å². The fourth-order valence-corrected chi connectivity index (χ4v) is 3.92. The quantitative estimate of drug-likeness (QED) is 0.515. The lowest BCUT2D eigenvalue weighted by Crippen LogP contribution is -2.47. The third-order valence-corrected chi connectivity index (χ3v) is 5.86. The van der Waals surface area contributed by atoms with Crippen LogP contribution in [0.3, 0.4) is 0 Å². The Hall–Kier alpha value is -2.99. The molecule has 0 aliphatic carbocycles. The van der Waals surface area contributed by atoms with Crippen molar-refractivity contribution in [2.45, 2.75) is 25.4 Å². The highest BCUT2D eigenvalue weighted by atomic mass is 32.2. The Labute approximate surface area is 187 Å². The zero-order valence-corrected chi connectivity index (χ0v) is 18.9. The van der Waals surface area contributed by atoms with E-state index in [4.69, 9.17) is 4.74 Å². The molecule has 2 unspecified atom stereocenters. The van der Waals surface area contributed by atoms with Crippen LogP contribution in [0.5, 0.6) is 5.75 Å². The molecule has 0 fully saturated rings. The zero-order chi connectivity index (χ0) is 22.2. The van der Waals surface area contributed by atoms with Gasteiger partial charge in [-0.15, -0.1) is 0 Å². The minimum atomic E-state index is -0.632. The van der Waals surface area contributed by atoms with Crippen LogP contribution in [0.4, 0.5) is 0 Å². The van der Waals surface area contributed by atoms with Crippen molar-refractivity contribution < 1.29 is 14.3 Å². The van der Waals surface area contributed by atoms with Crippen molar-refractivity contribution in [2.75, 3.05) is 19.1 Å². The van der Waals surface area contributed by atoms with Crippen LogP contribution in [0.1, 0.15) is 35.3 Å². The second-order valence-electron chi connectivity index (χ2n) is 7.34. The highest BCUT2D eigenvalue weighted by molar-refractivity contribution is 7.98. The number of fused-ring (bicyclic) bond motifs is 1. The number of carbonyl (C=O) groups is 2. The first-order chi connectivity index (χ1) is 15.0. The number of para-hydroxylation sites is 1. The van der Waals surface area contributed by atoms with Gasteiger partial charge >= 0.3 is 0 Å². The third kappa shape index (κ3) is 5.79. The summed E-state index contributed by atoms with van der Waals surface area (Å²) in [6.45, 7) is 1.95. The number of amides is 2. The van der Waals surface area contributed by atoms with E-state index < -0.39 is 6.04 Å². The smallest absolute Gasteiger partial charge is 0.255 e. The zero-order valence-electron chi connectivity index (χ0n) is 18.1. The lowest BCUT2D eigenvalue weighted by atomic mass is 10.0. The molecule has 0 aromatic heterocycles. The number of thioether (sulfide) groups is 1. The molecule has 3 aromatic rings. The Bertz CT molecular complexity index is 1050. The first kappa shape index (κ1) is 22.7. The van der Waals surface area contributed by atoms with E-state index in [0.717, 1.165) is 22.1 Å². The van der Waals surface area contributed by atoms with E-state index in [0.29, 0.717) is 17.7 Å². The standard InChI is InChI=1S/C25H28N2O3S/c1-17(19-13-12-18-8-4-5-9-20(18)16-19)26-25(29)22(14-15-31-3)27-24(28)21-10-6-7-11-23(21)30-2/h4-13,16-17,22H,14-15H2,1-3H3,(H,26,29)(H,27,28). The largest absolute Gasteiger partial charge is 0.496 e. The van der Waals surface area contributed by atoms with E-state index in [1.165, 1.54) is 7.11 Å². The Morgan fingerprint density at radius 3 is 2.42 bits per heavy atom. The van der Waals surface area contributed by atoms with Gasteiger partial charge in [0, 0.05) is 0 Å². The SMILES string of the molecule is COc1ccccc1C(=O)NC(CCSC)C(=O)NC(C)c1ccc2ccccc2c1. The molecular formula is C25H28N2O3S. The maximum absolute atomic E-state index is 13.1. The van der Waals surface area contributed by atoms with E-state index in [1.807, 2.05) is 31.4 Å². The van der Waals surface area contributed by atoms with Crippen LogP contribution in [0.15, 0.2) is 66.7 Å². The van der Waals surface area contributed by atoms with Gasteiger partial charge in [-0.25, -0.2) is 0 Å². The highest BCUT2D eigenvalue weighted by Crippen LogP contribution is 2.21. The van der Waals surface area contributed by atoms with Crippen LogP contribution < -0.4 is 15.4 Å². The van der Waals surface area contributed by atoms with Crippen LogP contribution in [-0.2, 0) is 4.79 Å². The van der Waals surface area contributed by atoms with E-state index in [-0.39, 0.29) is 17.9 Å². The molecule has 0 aliphatic rings. The van der Waals surface area contributed by atoms with Gasteiger partial charge in [-0.05, 0) is 59.9 Å². The van der Waals surface area contributed by atoms with Gasteiger partial charge in [-0.3, -0.25) is 9.59 Å². The van der Waals surface area contributed by atoms with E-state index in [2.05, 4.69) is 34.9 Å². The van der Waals surface area contributed by atoms with E-state index in [9.17, 15) is 9.59 Å². The fraction of sp³-hybridized carbons (Fsp3) is 0.280. The van der Waals surface area contributed by atoms with Gasteiger partial charge in [0.05, 0.1) is 18.7 Å². The summed E-state index contributed by atoms with van der Waals surface area (Å²) in [4.78, 5) is 25.9. The van der Waals surface area contributed by atoms with Crippen LogP contribution in [0.25, 0.3) is 10.8 Å². The summed E-state index contributed by atoms with van der Waals surface area (Å²) in [6, 6.07) is 20.5. The Morgan fingerprint density at radius 1 is 0.968 bits per heavy atom. The van der Waals surface area contributed by atoms with Crippen molar-refractivity contribution in [3.8, 4) is 5.75 Å². The molecule has 0 saturated heterocycles. The summed E-state index contributed by atoms with van der Waals surface area (Å²) in [5.74, 6) is 0.720. The first-order valence-corrected chi connectivity index (χ1v) is 11.6. The molecule has 0 radical (unpaired) electrons. The lowest BCUT2D eigenvalue weighted by Gasteiger charge is -2.22. The molecule has 3 rings (SSSR count). The van der Waals surface area contributed by atoms with Crippen molar-refractivity contribution in [1.82, 2.24) is 10.6 Å². The molecule has 3 aromatic carbocycles. The second kappa shape index (κ2) is 10.9. The minimum absolute atomic E-state index is 0.183. The fourth-order valence-electron chi connectivity index (χ4n) is 3.45. The molecule has 2 amide bonds. The maximum Gasteiger partial charge on any atom is 0.255 e. The Kier molecular flexibility index (Phi) is 7.95. The molecule has 2 atom stereocenters. The molecule has 0 heterocycles. The molecule has 0 spiro atoms. The molecule has 2 N–H and O–H groups in total. The minimum Gasteiger partial charge on any atom is -0.496 e. The summed E-state index contributed by atoms with van der Waals surface area (Å²) in [5.41, 5.74) is 1.43. The number of methoxy groups -OCH3 is 1. The molecular weight excluding hydrogens is 408 g/mol. The Morgan fingerprint density at radius 2 is 1.68 bits per heavy atom. The van der Waals surface area contributed by atoms with Crippen molar-refractivity contribution in [3.63, 3.8) is 0 Å². The maximum atomic E-state index is 13.1. The molecule has 6 heteroatoms. The summed E-state index contributed by atoms with van der Waals surface area (Å²) < 4.78 is 5.28. The second-order valence-corrected chi connectivity index (χ2v) is 8.33.